The van der Waals surface area contributed by atoms with Crippen molar-refractivity contribution in [2.24, 2.45) is 0 Å². The van der Waals surface area contributed by atoms with Crippen LogP contribution in [0, 0.1) is 0 Å². The van der Waals surface area contributed by atoms with E-state index in [1.807, 2.05) is 66.7 Å². The van der Waals surface area contributed by atoms with E-state index in [2.05, 4.69) is 18.2 Å². The molecule has 10 rings (SSSR count). The number of rotatable bonds is 2. The van der Waals surface area contributed by atoms with Crippen LogP contribution in [0.15, 0.2) is 162 Å². The molecule has 0 aliphatic carbocycles. The molecule has 0 fully saturated rings. The van der Waals surface area contributed by atoms with Gasteiger partial charge in [0.1, 0.15) is 11.2 Å². The Kier molecular flexibility index (Phi) is 3.35. The summed E-state index contributed by atoms with van der Waals surface area (Å²) in [4.78, 5) is 0. The third-order valence-corrected chi connectivity index (χ3v) is 8.76. The zero-order valence-electron chi connectivity index (χ0n) is 34.6. The Morgan fingerprint density at radius 2 is 1.22 bits per heavy atom. The van der Waals surface area contributed by atoms with Gasteiger partial charge in [-0.25, -0.2) is 0 Å². The fourth-order valence-electron chi connectivity index (χ4n) is 6.72. The van der Waals surface area contributed by atoms with Gasteiger partial charge < -0.3 is 4.42 Å². The predicted molar refractivity (Wildman–Crippen MR) is 192 cm³/mol. The highest BCUT2D eigenvalue weighted by Crippen LogP contribution is 2.42. The number of benzene rings is 9. The van der Waals surface area contributed by atoms with Crippen LogP contribution < -0.4 is 0 Å². The largest absolute Gasteiger partial charge is 0.455 e. The predicted octanol–water partition coefficient (Wildman–Crippen LogP) is 12.7. The van der Waals surface area contributed by atoms with Crippen molar-refractivity contribution in [3.63, 3.8) is 0 Å². The van der Waals surface area contributed by atoms with Crippen LogP contribution in [-0.2, 0) is 0 Å². The highest BCUT2D eigenvalue weighted by Gasteiger charge is 2.16. The highest BCUT2D eigenvalue weighted by molar-refractivity contribution is 6.21. The van der Waals surface area contributed by atoms with Crippen LogP contribution in [0.5, 0.6) is 0 Å². The molecule has 0 saturated heterocycles. The van der Waals surface area contributed by atoms with Gasteiger partial charge in [0, 0.05) is 16.2 Å². The smallest absolute Gasteiger partial charge is 0.143 e. The lowest BCUT2D eigenvalue weighted by Gasteiger charge is -2.15. The molecule has 0 spiro atoms. The molecule has 0 bridgehead atoms. The molecule has 0 amide bonds. The Hall–Kier alpha value is -5.92. The fourth-order valence-corrected chi connectivity index (χ4v) is 6.72. The van der Waals surface area contributed by atoms with Crippen LogP contribution in [0.25, 0.3) is 98.1 Å². The summed E-state index contributed by atoms with van der Waals surface area (Å²) in [6.07, 6.45) is 0. The van der Waals surface area contributed by atoms with Crippen molar-refractivity contribution in [2.45, 2.75) is 0 Å². The Morgan fingerprint density at radius 1 is 0.444 bits per heavy atom. The molecule has 0 atom stereocenters. The van der Waals surface area contributed by atoms with Gasteiger partial charge >= 0.3 is 0 Å². The summed E-state index contributed by atoms with van der Waals surface area (Å²) >= 11 is 0. The van der Waals surface area contributed by atoms with Crippen molar-refractivity contribution in [1.29, 1.82) is 0 Å². The summed E-state index contributed by atoms with van der Waals surface area (Å²) in [5, 5.41) is 5.03. The van der Waals surface area contributed by atoms with Crippen molar-refractivity contribution in [1.82, 2.24) is 0 Å². The van der Waals surface area contributed by atoms with Crippen molar-refractivity contribution in [3.8, 4) is 22.3 Å². The molecule has 0 radical (unpaired) electrons. The van der Waals surface area contributed by atoms with Crippen LogP contribution in [0.4, 0.5) is 0 Å². The standard InChI is InChI=1S/C44H26O/c1-4-11-34-28(8-1)20-22-38-40(34)26-30-10-3-5-12-35(30)42(38)32-19-17-27-16-18-31(24-33(27)25-32)36-14-7-15-41-43(36)39-23-21-29-9-2-6-13-37(29)44(39)45-41/h1-26H/i1D,3D,4D,5D,8D,10D,11D,12D,20D,22D,26D. The molecule has 0 aliphatic rings. The Bertz CT molecular complexity index is 3440. The maximum atomic E-state index is 9.39. The number of furan rings is 1. The molecule has 0 unspecified atom stereocenters. The lowest BCUT2D eigenvalue weighted by molar-refractivity contribution is 0.673. The molecule has 1 nitrogen and oxygen atoms in total. The molecule has 0 aliphatic heterocycles. The average Bonchev–Trinajstić information content (AvgIpc) is 3.61. The Morgan fingerprint density at radius 3 is 2.16 bits per heavy atom. The quantitative estimate of drug-likeness (QED) is 0.146. The van der Waals surface area contributed by atoms with Crippen molar-refractivity contribution >= 4 is 75.8 Å². The summed E-state index contributed by atoms with van der Waals surface area (Å²) < 4.78 is 104. The van der Waals surface area contributed by atoms with Crippen LogP contribution in [-0.4, -0.2) is 0 Å². The Labute approximate surface area is 275 Å². The lowest BCUT2D eigenvalue weighted by Crippen LogP contribution is -1.88. The molecular formula is C44H26O. The van der Waals surface area contributed by atoms with Crippen molar-refractivity contribution in [3.05, 3.63) is 157 Å². The van der Waals surface area contributed by atoms with E-state index in [0.29, 0.717) is 5.56 Å². The summed E-state index contributed by atoms with van der Waals surface area (Å²) in [5.74, 6) is 0. The molecule has 9 aromatic carbocycles. The molecule has 0 saturated carbocycles. The van der Waals surface area contributed by atoms with Gasteiger partial charge in [-0.05, 0) is 101 Å². The van der Waals surface area contributed by atoms with Crippen LogP contribution in [0.2, 0.25) is 0 Å². The summed E-state index contributed by atoms with van der Waals surface area (Å²) in [6.45, 7) is 0. The molecule has 0 N–H and O–H groups in total. The lowest BCUT2D eigenvalue weighted by atomic mass is 9.88. The zero-order valence-corrected chi connectivity index (χ0v) is 23.6. The number of hydrogen-bond acceptors (Lipinski definition) is 1. The van der Waals surface area contributed by atoms with Gasteiger partial charge in [-0.2, -0.15) is 0 Å². The molecule has 1 heterocycles. The molecule has 208 valence electrons. The normalized spacial score (nSPS) is 15.4. The van der Waals surface area contributed by atoms with Gasteiger partial charge in [0.2, 0.25) is 0 Å². The summed E-state index contributed by atoms with van der Waals surface area (Å²) in [7, 11) is 0. The van der Waals surface area contributed by atoms with Crippen LogP contribution in [0.3, 0.4) is 0 Å². The first-order valence-corrected chi connectivity index (χ1v) is 14.6. The fraction of sp³-hybridized carbons (Fsp3) is 0. The zero-order chi connectivity index (χ0) is 39.1. The van der Waals surface area contributed by atoms with E-state index in [1.54, 1.807) is 6.07 Å². The van der Waals surface area contributed by atoms with Crippen molar-refractivity contribution < 1.29 is 19.5 Å². The van der Waals surface area contributed by atoms with E-state index in [1.165, 1.54) is 0 Å². The molecular weight excluding hydrogens is 544 g/mol. The minimum atomic E-state index is -0.581. The third kappa shape index (κ3) is 3.62. The SMILES string of the molecule is [2H]c1c([2H])c([2H])c2c([2H])c3c(c([2H])c([2H])c4c([2H])c([2H])c([2H])c([2H])c43)c(-c3ccc4ccc(-c5cccc6oc7c8ccccc8ccc7c56)cc4c3)c2c1[2H]. The van der Waals surface area contributed by atoms with Crippen LogP contribution >= 0.6 is 0 Å². The molecule has 1 heteroatoms. The molecule has 45 heavy (non-hydrogen) atoms. The maximum absolute atomic E-state index is 9.39. The first-order chi connectivity index (χ1) is 26.9. The van der Waals surface area contributed by atoms with E-state index >= 15 is 0 Å². The summed E-state index contributed by atoms with van der Waals surface area (Å²) in [5.41, 5.74) is 4.00. The van der Waals surface area contributed by atoms with E-state index in [-0.39, 0.29) is 37.9 Å². The van der Waals surface area contributed by atoms with E-state index in [9.17, 15) is 2.74 Å². The van der Waals surface area contributed by atoms with Gasteiger partial charge in [-0.3, -0.25) is 0 Å². The highest BCUT2D eigenvalue weighted by atomic mass is 16.3. The second kappa shape index (κ2) is 9.29. The topological polar surface area (TPSA) is 13.1 Å². The average molecular weight is 582 g/mol. The van der Waals surface area contributed by atoms with E-state index in [0.717, 1.165) is 54.6 Å². The van der Waals surface area contributed by atoms with Crippen molar-refractivity contribution in [2.75, 3.05) is 0 Å². The molecule has 10 aromatic rings. The van der Waals surface area contributed by atoms with Crippen LogP contribution in [0.1, 0.15) is 15.1 Å². The van der Waals surface area contributed by atoms with Gasteiger partial charge in [0.25, 0.3) is 0 Å². The maximum Gasteiger partial charge on any atom is 0.143 e. The first-order valence-electron chi connectivity index (χ1n) is 20.1. The number of fused-ring (bicyclic) bond motifs is 10. The van der Waals surface area contributed by atoms with Gasteiger partial charge in [0.15, 0.2) is 0 Å². The second-order valence-electron chi connectivity index (χ2n) is 11.2. The molecule has 1 aromatic heterocycles. The number of hydrogen-bond donors (Lipinski definition) is 0. The van der Waals surface area contributed by atoms with Gasteiger partial charge in [-0.15, -0.1) is 0 Å². The van der Waals surface area contributed by atoms with E-state index < -0.39 is 66.5 Å². The van der Waals surface area contributed by atoms with E-state index in [4.69, 9.17) is 16.8 Å². The third-order valence-electron chi connectivity index (χ3n) is 8.76. The minimum Gasteiger partial charge on any atom is -0.455 e. The Balaban J connectivity index is 1.32. The minimum absolute atomic E-state index is 0.00701. The summed E-state index contributed by atoms with van der Waals surface area (Å²) in [6, 6.07) is 24.2. The first kappa shape index (κ1) is 16.2. The second-order valence-corrected chi connectivity index (χ2v) is 11.2. The van der Waals surface area contributed by atoms with Gasteiger partial charge in [-0.1, -0.05) is 127 Å². The van der Waals surface area contributed by atoms with Gasteiger partial charge in [0.05, 0.1) is 15.1 Å². The monoisotopic (exact) mass is 581 g/mol.